The van der Waals surface area contributed by atoms with E-state index in [0.717, 1.165) is 24.2 Å². The Labute approximate surface area is 124 Å². The first-order chi connectivity index (χ1) is 10.2. The van der Waals surface area contributed by atoms with Crippen LogP contribution in [0.5, 0.6) is 5.75 Å². The van der Waals surface area contributed by atoms with Gasteiger partial charge in [-0.3, -0.25) is 4.79 Å². The molecule has 0 aromatic heterocycles. The van der Waals surface area contributed by atoms with Gasteiger partial charge in [-0.15, -0.1) is 0 Å². The number of para-hydroxylation sites is 1. The van der Waals surface area contributed by atoms with Gasteiger partial charge in [0.05, 0.1) is 11.7 Å². The molecule has 1 aromatic carbocycles. The van der Waals surface area contributed by atoms with Crippen LogP contribution in [0.15, 0.2) is 29.8 Å². The second-order valence-electron chi connectivity index (χ2n) is 5.82. The van der Waals surface area contributed by atoms with Crippen molar-refractivity contribution in [1.82, 2.24) is 5.32 Å². The van der Waals surface area contributed by atoms with E-state index in [4.69, 9.17) is 4.74 Å². The van der Waals surface area contributed by atoms with E-state index < -0.39 is 6.10 Å². The zero-order valence-electron chi connectivity index (χ0n) is 12.0. The third kappa shape index (κ3) is 3.27. The van der Waals surface area contributed by atoms with Crippen LogP contribution in [0.3, 0.4) is 0 Å². The van der Waals surface area contributed by atoms with Gasteiger partial charge in [-0.1, -0.05) is 31.0 Å². The molecule has 2 aliphatic rings. The van der Waals surface area contributed by atoms with Crippen molar-refractivity contribution < 1.29 is 14.6 Å². The van der Waals surface area contributed by atoms with Gasteiger partial charge in [0.1, 0.15) is 12.4 Å². The molecule has 4 nitrogen and oxygen atoms in total. The van der Waals surface area contributed by atoms with Crippen LogP contribution in [0, 0.1) is 5.92 Å². The monoisotopic (exact) mass is 287 g/mol. The number of hydrogen-bond acceptors (Lipinski definition) is 3. The predicted octanol–water partition coefficient (Wildman–Crippen LogP) is 2.13. The van der Waals surface area contributed by atoms with Crippen LogP contribution in [-0.4, -0.2) is 30.3 Å². The summed E-state index contributed by atoms with van der Waals surface area (Å²) in [6, 6.07) is 7.65. The molecule has 4 heteroatoms. The molecule has 0 bridgehead atoms. The summed E-state index contributed by atoms with van der Waals surface area (Å²) >= 11 is 0. The lowest BCUT2D eigenvalue weighted by Gasteiger charge is -2.20. The summed E-state index contributed by atoms with van der Waals surface area (Å²) in [4.78, 5) is 12.2. The maximum atomic E-state index is 12.2. The minimum absolute atomic E-state index is 0.151. The SMILES string of the molecule is O=C(NCC(O)C1CCCC1)C1=Cc2ccccc2OC1. The molecular weight excluding hydrogens is 266 g/mol. The molecule has 0 spiro atoms. The van der Waals surface area contributed by atoms with E-state index in [2.05, 4.69) is 5.32 Å². The van der Waals surface area contributed by atoms with Crippen LogP contribution >= 0.6 is 0 Å². The van der Waals surface area contributed by atoms with Gasteiger partial charge in [-0.05, 0) is 30.9 Å². The number of aliphatic hydroxyl groups excluding tert-OH is 1. The van der Waals surface area contributed by atoms with Gasteiger partial charge in [-0.25, -0.2) is 0 Å². The Hall–Kier alpha value is -1.81. The Balaban J connectivity index is 1.57. The smallest absolute Gasteiger partial charge is 0.250 e. The van der Waals surface area contributed by atoms with Crippen molar-refractivity contribution in [3.05, 3.63) is 35.4 Å². The van der Waals surface area contributed by atoms with Crippen LogP contribution in [0.2, 0.25) is 0 Å². The Morgan fingerprint density at radius 2 is 2.10 bits per heavy atom. The fourth-order valence-corrected chi connectivity index (χ4v) is 3.07. The summed E-state index contributed by atoms with van der Waals surface area (Å²) in [5.41, 5.74) is 1.53. The van der Waals surface area contributed by atoms with E-state index >= 15 is 0 Å². The minimum atomic E-state index is -0.436. The van der Waals surface area contributed by atoms with E-state index in [1.54, 1.807) is 0 Å². The van der Waals surface area contributed by atoms with E-state index in [1.807, 2.05) is 30.3 Å². The number of benzene rings is 1. The number of aliphatic hydroxyl groups is 1. The lowest BCUT2D eigenvalue weighted by atomic mass is 10.0. The lowest BCUT2D eigenvalue weighted by molar-refractivity contribution is -0.118. The van der Waals surface area contributed by atoms with Crippen LogP contribution < -0.4 is 10.1 Å². The summed E-state index contributed by atoms with van der Waals surface area (Å²) in [7, 11) is 0. The number of rotatable bonds is 4. The summed E-state index contributed by atoms with van der Waals surface area (Å²) < 4.78 is 5.57. The summed E-state index contributed by atoms with van der Waals surface area (Å²) in [5.74, 6) is 0.990. The standard InChI is InChI=1S/C17H21NO3/c19-15(12-5-1-2-6-12)10-18-17(20)14-9-13-7-3-4-8-16(13)21-11-14/h3-4,7-9,12,15,19H,1-2,5-6,10-11H2,(H,18,20). The third-order valence-electron chi connectivity index (χ3n) is 4.34. The van der Waals surface area contributed by atoms with E-state index in [1.165, 1.54) is 12.8 Å². The van der Waals surface area contributed by atoms with Crippen molar-refractivity contribution >= 4 is 12.0 Å². The number of hydrogen-bond donors (Lipinski definition) is 2. The molecular formula is C17H21NO3. The lowest BCUT2D eigenvalue weighted by Crippen LogP contribution is -2.37. The number of nitrogens with one attached hydrogen (secondary N) is 1. The molecule has 1 atom stereocenters. The fourth-order valence-electron chi connectivity index (χ4n) is 3.07. The number of fused-ring (bicyclic) bond motifs is 1. The molecule has 1 amide bonds. The van der Waals surface area contributed by atoms with Gasteiger partial charge in [0.25, 0.3) is 5.91 Å². The van der Waals surface area contributed by atoms with Gasteiger partial charge in [-0.2, -0.15) is 0 Å². The highest BCUT2D eigenvalue weighted by Crippen LogP contribution is 2.28. The Kier molecular flexibility index (Phi) is 4.25. The average Bonchev–Trinajstić information content (AvgIpc) is 3.06. The molecule has 112 valence electrons. The number of amides is 1. The zero-order valence-corrected chi connectivity index (χ0v) is 12.0. The first-order valence-corrected chi connectivity index (χ1v) is 7.63. The molecule has 1 heterocycles. The molecule has 1 aliphatic carbocycles. The second-order valence-corrected chi connectivity index (χ2v) is 5.82. The molecule has 1 unspecified atom stereocenters. The summed E-state index contributed by atoms with van der Waals surface area (Å²) in [6.07, 6.45) is 5.92. The number of ether oxygens (including phenoxy) is 1. The van der Waals surface area contributed by atoms with E-state index in [-0.39, 0.29) is 12.5 Å². The van der Waals surface area contributed by atoms with Crippen LogP contribution in [0.1, 0.15) is 31.2 Å². The van der Waals surface area contributed by atoms with Crippen molar-refractivity contribution in [3.63, 3.8) is 0 Å². The predicted molar refractivity (Wildman–Crippen MR) is 80.9 cm³/mol. The minimum Gasteiger partial charge on any atom is -0.488 e. The van der Waals surface area contributed by atoms with Gasteiger partial charge >= 0.3 is 0 Å². The third-order valence-corrected chi connectivity index (χ3v) is 4.34. The van der Waals surface area contributed by atoms with Crippen molar-refractivity contribution in [1.29, 1.82) is 0 Å². The van der Waals surface area contributed by atoms with Crippen molar-refractivity contribution in [2.24, 2.45) is 5.92 Å². The maximum absolute atomic E-state index is 12.2. The number of carbonyl (C=O) groups excluding carboxylic acids is 1. The van der Waals surface area contributed by atoms with Crippen LogP contribution in [-0.2, 0) is 4.79 Å². The highest BCUT2D eigenvalue weighted by atomic mass is 16.5. The molecule has 3 rings (SSSR count). The Morgan fingerprint density at radius 1 is 1.33 bits per heavy atom. The van der Waals surface area contributed by atoms with Crippen molar-refractivity contribution in [2.75, 3.05) is 13.2 Å². The second kappa shape index (κ2) is 6.31. The van der Waals surface area contributed by atoms with Gasteiger partial charge in [0, 0.05) is 12.1 Å². The van der Waals surface area contributed by atoms with Crippen molar-refractivity contribution in [2.45, 2.75) is 31.8 Å². The summed E-state index contributed by atoms with van der Waals surface area (Å²) in [6.45, 7) is 0.602. The fraction of sp³-hybridized carbons (Fsp3) is 0.471. The van der Waals surface area contributed by atoms with E-state index in [9.17, 15) is 9.90 Å². The quantitative estimate of drug-likeness (QED) is 0.892. The highest BCUT2D eigenvalue weighted by Gasteiger charge is 2.24. The zero-order chi connectivity index (χ0) is 14.7. The molecule has 1 aliphatic heterocycles. The van der Waals surface area contributed by atoms with Gasteiger partial charge < -0.3 is 15.2 Å². The Morgan fingerprint density at radius 3 is 2.90 bits per heavy atom. The van der Waals surface area contributed by atoms with E-state index in [0.29, 0.717) is 18.0 Å². The van der Waals surface area contributed by atoms with Gasteiger partial charge in [0.15, 0.2) is 0 Å². The Bertz CT molecular complexity index is 547. The number of carbonyl (C=O) groups is 1. The first kappa shape index (κ1) is 14.1. The molecule has 21 heavy (non-hydrogen) atoms. The first-order valence-electron chi connectivity index (χ1n) is 7.63. The van der Waals surface area contributed by atoms with Gasteiger partial charge in [0.2, 0.25) is 0 Å². The maximum Gasteiger partial charge on any atom is 0.250 e. The normalized spacial score (nSPS) is 19.4. The van der Waals surface area contributed by atoms with Crippen LogP contribution in [0.4, 0.5) is 0 Å². The largest absolute Gasteiger partial charge is 0.488 e. The molecule has 1 fully saturated rings. The average molecular weight is 287 g/mol. The van der Waals surface area contributed by atoms with Crippen molar-refractivity contribution in [3.8, 4) is 5.75 Å². The van der Waals surface area contributed by atoms with Crippen LogP contribution in [0.25, 0.3) is 6.08 Å². The highest BCUT2D eigenvalue weighted by molar-refractivity contribution is 5.99. The topological polar surface area (TPSA) is 58.6 Å². The molecule has 0 radical (unpaired) electrons. The molecule has 1 aromatic rings. The summed E-state index contributed by atoms with van der Waals surface area (Å²) in [5, 5.41) is 12.9. The molecule has 0 saturated heterocycles. The molecule has 1 saturated carbocycles. The molecule has 2 N–H and O–H groups in total.